The first kappa shape index (κ1) is 13.6. The molecule has 0 aromatic heterocycles. The number of carbonyl (C=O) groups is 1. The molecular weight excluding hydrogens is 275 g/mol. The van der Waals surface area contributed by atoms with E-state index in [0.717, 1.165) is 0 Å². The molecule has 1 aromatic rings. The molecule has 1 heterocycles. The Labute approximate surface area is 111 Å². The number of hydrogen-bond acceptors (Lipinski definition) is 3. The summed E-state index contributed by atoms with van der Waals surface area (Å²) < 4.78 is 19.7. The second-order valence-electron chi connectivity index (χ2n) is 3.83. The van der Waals surface area contributed by atoms with Crippen LogP contribution in [0.15, 0.2) is 30.3 Å². The Morgan fingerprint density at radius 1 is 1.44 bits per heavy atom. The molecule has 1 fully saturated rings. The molecule has 7 heteroatoms. The van der Waals surface area contributed by atoms with Gasteiger partial charge in [-0.1, -0.05) is 18.2 Å². The fourth-order valence-electron chi connectivity index (χ4n) is 1.73. The highest BCUT2D eigenvalue weighted by atomic mass is 35.5. The molecule has 18 heavy (non-hydrogen) atoms. The summed E-state index contributed by atoms with van der Waals surface area (Å²) in [6, 6.07) is 8.86. The van der Waals surface area contributed by atoms with E-state index in [0.29, 0.717) is 24.9 Å². The second kappa shape index (κ2) is 5.85. The van der Waals surface area contributed by atoms with E-state index >= 15 is 0 Å². The first-order valence-corrected chi connectivity index (χ1v) is 7.71. The van der Waals surface area contributed by atoms with Crippen molar-refractivity contribution in [2.45, 2.75) is 6.42 Å². The predicted molar refractivity (Wildman–Crippen MR) is 69.8 cm³/mol. The zero-order valence-electron chi connectivity index (χ0n) is 9.71. The zero-order valence-corrected chi connectivity index (χ0v) is 11.4. The van der Waals surface area contributed by atoms with Crippen LogP contribution in [-0.4, -0.2) is 29.7 Å². The third-order valence-electron chi connectivity index (χ3n) is 2.56. The fraction of sp³-hybridized carbons (Fsp3) is 0.364. The van der Waals surface area contributed by atoms with Gasteiger partial charge in [0.2, 0.25) is 5.91 Å². The normalized spacial score (nSPS) is 24.7. The predicted octanol–water partition coefficient (Wildman–Crippen LogP) is 1.50. The van der Waals surface area contributed by atoms with Gasteiger partial charge < -0.3 is 4.52 Å². The lowest BCUT2D eigenvalue weighted by molar-refractivity contribution is -0.122. The average molecular weight is 289 g/mol. The van der Waals surface area contributed by atoms with Crippen LogP contribution in [0.3, 0.4) is 0 Å². The quantitative estimate of drug-likeness (QED) is 0.676. The van der Waals surface area contributed by atoms with E-state index in [1.807, 2.05) is 6.07 Å². The highest BCUT2D eigenvalue weighted by Gasteiger charge is 2.37. The van der Waals surface area contributed by atoms with Gasteiger partial charge in [0.05, 0.1) is 11.9 Å². The summed E-state index contributed by atoms with van der Waals surface area (Å²) in [5.74, 6) is -0.566. The summed E-state index contributed by atoms with van der Waals surface area (Å²) in [5, 5.41) is 0.569. The Morgan fingerprint density at radius 2 is 2.17 bits per heavy atom. The fourth-order valence-corrected chi connectivity index (χ4v) is 3.93. The van der Waals surface area contributed by atoms with Gasteiger partial charge in [0, 0.05) is 6.54 Å². The van der Waals surface area contributed by atoms with Gasteiger partial charge in [0.15, 0.2) is 0 Å². The molecule has 0 radical (unpaired) electrons. The smallest absolute Gasteiger partial charge is 0.313 e. The molecule has 1 aromatic carbocycles. The van der Waals surface area contributed by atoms with Crippen molar-refractivity contribution in [3.63, 3.8) is 0 Å². The summed E-state index contributed by atoms with van der Waals surface area (Å²) in [4.78, 5) is 11.3. The second-order valence-corrected chi connectivity index (χ2v) is 6.40. The number of benzene rings is 1. The molecule has 1 aliphatic rings. The summed E-state index contributed by atoms with van der Waals surface area (Å²) >= 11 is 5.44. The van der Waals surface area contributed by atoms with Crippen molar-refractivity contribution in [3.05, 3.63) is 30.3 Å². The van der Waals surface area contributed by atoms with E-state index in [9.17, 15) is 9.36 Å². The summed E-state index contributed by atoms with van der Waals surface area (Å²) in [5.41, 5.74) is 2.53. The van der Waals surface area contributed by atoms with Gasteiger partial charge >= 0.3 is 7.52 Å². The average Bonchev–Trinajstić information content (AvgIpc) is 2.42. The highest BCUT2D eigenvalue weighted by Crippen LogP contribution is 2.50. The molecule has 1 amide bonds. The molecule has 0 bridgehead atoms. The number of halogens is 1. The minimum Gasteiger partial charge on any atom is -0.313 e. The first-order valence-electron chi connectivity index (χ1n) is 5.60. The Bertz CT molecular complexity index is 469. The topological polar surface area (TPSA) is 58.6 Å². The van der Waals surface area contributed by atoms with Crippen LogP contribution in [0.4, 0.5) is 0 Å². The standard InChI is InChI=1S/C11H14ClN2O3P/c12-9-11(15)13-14-7-4-8-17-18(14,16)10-5-2-1-3-6-10/h1-3,5-6H,4,7-9H2,(H,13,15). The minimum absolute atomic E-state index is 0.175. The molecule has 1 unspecified atom stereocenters. The summed E-state index contributed by atoms with van der Waals surface area (Å²) in [6.45, 7) is 0.897. The summed E-state index contributed by atoms with van der Waals surface area (Å²) in [6.07, 6.45) is 0.708. The zero-order chi connectivity index (χ0) is 13.0. The van der Waals surface area contributed by atoms with E-state index < -0.39 is 13.4 Å². The van der Waals surface area contributed by atoms with Gasteiger partial charge in [-0.05, 0) is 18.6 Å². The Kier molecular flexibility index (Phi) is 4.40. The molecule has 1 aliphatic heterocycles. The van der Waals surface area contributed by atoms with Crippen molar-refractivity contribution in [1.82, 2.24) is 10.2 Å². The molecule has 0 aliphatic carbocycles. The van der Waals surface area contributed by atoms with E-state index in [4.69, 9.17) is 16.1 Å². The lowest BCUT2D eigenvalue weighted by atomic mass is 10.4. The third kappa shape index (κ3) is 2.75. The van der Waals surface area contributed by atoms with Gasteiger partial charge in [0.1, 0.15) is 5.88 Å². The van der Waals surface area contributed by atoms with E-state index in [1.54, 1.807) is 24.3 Å². The van der Waals surface area contributed by atoms with Crippen molar-refractivity contribution < 1.29 is 13.9 Å². The minimum atomic E-state index is -3.20. The lowest BCUT2D eigenvalue weighted by Gasteiger charge is -2.34. The van der Waals surface area contributed by atoms with Crippen LogP contribution in [0.5, 0.6) is 0 Å². The number of carbonyl (C=O) groups excluding carboxylic acids is 1. The van der Waals surface area contributed by atoms with Gasteiger partial charge in [0.25, 0.3) is 0 Å². The number of alkyl halides is 1. The lowest BCUT2D eigenvalue weighted by Crippen LogP contribution is -2.46. The van der Waals surface area contributed by atoms with E-state index in [-0.39, 0.29) is 5.88 Å². The highest BCUT2D eigenvalue weighted by molar-refractivity contribution is 7.64. The molecular formula is C11H14ClN2O3P. The van der Waals surface area contributed by atoms with Gasteiger partial charge in [-0.3, -0.25) is 14.8 Å². The van der Waals surface area contributed by atoms with Gasteiger partial charge in [-0.15, -0.1) is 16.4 Å². The Balaban J connectivity index is 2.27. The number of nitrogens with zero attached hydrogens (tertiary/aromatic N) is 1. The largest absolute Gasteiger partial charge is 0.319 e. The van der Waals surface area contributed by atoms with Crippen molar-refractivity contribution >= 4 is 30.3 Å². The number of amides is 1. The number of rotatable bonds is 3. The van der Waals surface area contributed by atoms with Crippen molar-refractivity contribution in [1.29, 1.82) is 0 Å². The van der Waals surface area contributed by atoms with Gasteiger partial charge in [-0.25, -0.2) is 0 Å². The van der Waals surface area contributed by atoms with Crippen molar-refractivity contribution in [2.24, 2.45) is 0 Å². The number of hydrogen-bond donors (Lipinski definition) is 1. The van der Waals surface area contributed by atoms with Crippen LogP contribution >= 0.6 is 19.1 Å². The molecule has 1 atom stereocenters. The SMILES string of the molecule is O=C(CCl)NN1CCCOP1(=O)c1ccccc1. The molecule has 1 saturated heterocycles. The molecule has 5 nitrogen and oxygen atoms in total. The molecule has 0 spiro atoms. The van der Waals surface area contributed by atoms with Gasteiger partial charge in [-0.2, -0.15) is 0 Å². The van der Waals surface area contributed by atoms with Crippen LogP contribution in [0.1, 0.15) is 6.42 Å². The first-order chi connectivity index (χ1) is 8.66. The van der Waals surface area contributed by atoms with Crippen molar-refractivity contribution in [2.75, 3.05) is 19.0 Å². The molecule has 1 N–H and O–H groups in total. The van der Waals surface area contributed by atoms with Crippen LogP contribution < -0.4 is 10.7 Å². The van der Waals surface area contributed by atoms with Crippen LogP contribution in [0.2, 0.25) is 0 Å². The Morgan fingerprint density at radius 3 is 2.83 bits per heavy atom. The molecule has 2 rings (SSSR count). The van der Waals surface area contributed by atoms with Crippen LogP contribution in [0.25, 0.3) is 0 Å². The number of hydrazine groups is 1. The van der Waals surface area contributed by atoms with E-state index in [1.165, 1.54) is 4.78 Å². The van der Waals surface area contributed by atoms with E-state index in [2.05, 4.69) is 5.43 Å². The third-order valence-corrected chi connectivity index (χ3v) is 5.22. The maximum atomic E-state index is 12.9. The maximum absolute atomic E-state index is 12.9. The van der Waals surface area contributed by atoms with Crippen LogP contribution in [0, 0.1) is 0 Å². The molecule has 98 valence electrons. The monoisotopic (exact) mass is 288 g/mol. The maximum Gasteiger partial charge on any atom is 0.319 e. The van der Waals surface area contributed by atoms with Crippen molar-refractivity contribution in [3.8, 4) is 0 Å². The number of nitrogens with one attached hydrogen (secondary N) is 1. The summed E-state index contributed by atoms with van der Waals surface area (Å²) in [7, 11) is -3.20. The van der Waals surface area contributed by atoms with Crippen LogP contribution in [-0.2, 0) is 13.9 Å². The molecule has 0 saturated carbocycles. The Hall–Kier alpha value is -0.870.